The molecule has 2 aliphatic rings. The van der Waals surface area contributed by atoms with E-state index in [0.717, 1.165) is 30.7 Å². The van der Waals surface area contributed by atoms with Gasteiger partial charge in [-0.2, -0.15) is 0 Å². The summed E-state index contributed by atoms with van der Waals surface area (Å²) in [4.78, 5) is 27.2. The summed E-state index contributed by atoms with van der Waals surface area (Å²) in [6, 6.07) is 14.8. The van der Waals surface area contributed by atoms with E-state index in [2.05, 4.69) is 16.0 Å². The third-order valence-electron chi connectivity index (χ3n) is 5.28. The lowest BCUT2D eigenvalue weighted by atomic mass is 10.0. The molecule has 1 aliphatic carbocycles. The minimum atomic E-state index is -0.230. The number of hydrogen-bond acceptors (Lipinski definition) is 4. The summed E-state index contributed by atoms with van der Waals surface area (Å²) in [5, 5.41) is 9.08. The number of anilines is 1. The van der Waals surface area contributed by atoms with Crippen molar-refractivity contribution >= 4 is 30.0 Å². The maximum atomic E-state index is 13.3. The van der Waals surface area contributed by atoms with Crippen molar-refractivity contribution < 1.29 is 14.3 Å². The lowest BCUT2D eigenvalue weighted by Gasteiger charge is -2.37. The van der Waals surface area contributed by atoms with Crippen molar-refractivity contribution in [2.45, 2.75) is 24.9 Å². The van der Waals surface area contributed by atoms with Crippen LogP contribution in [-0.4, -0.2) is 49.6 Å². The van der Waals surface area contributed by atoms with Gasteiger partial charge in [-0.1, -0.05) is 24.3 Å². The quantitative estimate of drug-likeness (QED) is 0.680. The zero-order valence-corrected chi connectivity index (χ0v) is 17.7. The Hall–Kier alpha value is -2.77. The Labute approximate surface area is 182 Å². The first-order chi connectivity index (χ1) is 14.2. The highest BCUT2D eigenvalue weighted by molar-refractivity contribution is 5.97. The molecule has 0 aromatic heterocycles. The third kappa shape index (κ3) is 5.04. The first-order valence-corrected chi connectivity index (χ1v) is 9.98. The Morgan fingerprint density at radius 3 is 2.70 bits per heavy atom. The van der Waals surface area contributed by atoms with Crippen molar-refractivity contribution in [3.05, 3.63) is 59.7 Å². The van der Waals surface area contributed by atoms with Crippen LogP contribution in [0.15, 0.2) is 48.5 Å². The number of hydrogen-bond donors (Lipinski definition) is 3. The number of nitrogens with zero attached hydrogens (tertiary/aromatic N) is 1. The van der Waals surface area contributed by atoms with Crippen LogP contribution in [0.25, 0.3) is 0 Å². The molecule has 1 aliphatic heterocycles. The molecular weight excluding hydrogens is 404 g/mol. The molecule has 1 saturated carbocycles. The summed E-state index contributed by atoms with van der Waals surface area (Å²) >= 11 is 0. The molecular formula is C22H27ClN4O3. The van der Waals surface area contributed by atoms with Gasteiger partial charge in [0.1, 0.15) is 5.75 Å². The van der Waals surface area contributed by atoms with Crippen LogP contribution in [-0.2, 0) is 0 Å². The SMILES string of the molecule is COc1ccccc1C1CNCCN1C(=O)c1cccc(NC(=O)NC2CC2)c1.Cl. The molecule has 3 amide bonds. The van der Waals surface area contributed by atoms with E-state index in [1.165, 1.54) is 0 Å². The lowest BCUT2D eigenvalue weighted by Crippen LogP contribution is -2.48. The van der Waals surface area contributed by atoms with E-state index in [-0.39, 0.29) is 36.4 Å². The second kappa shape index (κ2) is 9.82. The normalized spacial score (nSPS) is 18.2. The average Bonchev–Trinajstić information content (AvgIpc) is 3.57. The zero-order valence-electron chi connectivity index (χ0n) is 16.9. The first-order valence-electron chi connectivity index (χ1n) is 9.98. The third-order valence-corrected chi connectivity index (χ3v) is 5.28. The van der Waals surface area contributed by atoms with Crippen molar-refractivity contribution in [2.24, 2.45) is 0 Å². The van der Waals surface area contributed by atoms with E-state index >= 15 is 0 Å². The number of carbonyl (C=O) groups excluding carboxylic acids is 2. The van der Waals surface area contributed by atoms with E-state index in [4.69, 9.17) is 4.74 Å². The molecule has 3 N–H and O–H groups in total. The molecule has 30 heavy (non-hydrogen) atoms. The minimum absolute atomic E-state index is 0. The molecule has 1 heterocycles. The summed E-state index contributed by atoms with van der Waals surface area (Å²) in [5.41, 5.74) is 2.14. The van der Waals surface area contributed by atoms with E-state index in [9.17, 15) is 9.59 Å². The number of ether oxygens (including phenoxy) is 1. The molecule has 0 bridgehead atoms. The van der Waals surface area contributed by atoms with Gasteiger partial charge in [-0.3, -0.25) is 4.79 Å². The molecule has 2 fully saturated rings. The number of amides is 3. The average molecular weight is 431 g/mol. The van der Waals surface area contributed by atoms with E-state index in [1.807, 2.05) is 29.2 Å². The monoisotopic (exact) mass is 430 g/mol. The van der Waals surface area contributed by atoms with Gasteiger partial charge in [0.2, 0.25) is 0 Å². The van der Waals surface area contributed by atoms with Crippen molar-refractivity contribution in [3.8, 4) is 5.75 Å². The Balaban J connectivity index is 0.00000256. The Morgan fingerprint density at radius 1 is 1.13 bits per heavy atom. The summed E-state index contributed by atoms with van der Waals surface area (Å²) < 4.78 is 5.51. The number of nitrogens with one attached hydrogen (secondary N) is 3. The highest BCUT2D eigenvalue weighted by atomic mass is 35.5. The van der Waals surface area contributed by atoms with Crippen LogP contribution in [0.3, 0.4) is 0 Å². The molecule has 7 nitrogen and oxygen atoms in total. The number of halogens is 1. The minimum Gasteiger partial charge on any atom is -0.496 e. The highest BCUT2D eigenvalue weighted by Crippen LogP contribution is 2.31. The fourth-order valence-electron chi connectivity index (χ4n) is 3.64. The summed E-state index contributed by atoms with van der Waals surface area (Å²) in [5.74, 6) is 0.708. The predicted molar refractivity (Wildman–Crippen MR) is 119 cm³/mol. The fourth-order valence-corrected chi connectivity index (χ4v) is 3.64. The fraction of sp³-hybridized carbons (Fsp3) is 0.364. The van der Waals surface area contributed by atoms with Crippen LogP contribution in [0, 0.1) is 0 Å². The van der Waals surface area contributed by atoms with Gasteiger partial charge in [0.05, 0.1) is 13.2 Å². The lowest BCUT2D eigenvalue weighted by molar-refractivity contribution is 0.0631. The molecule has 1 atom stereocenters. The molecule has 1 saturated heterocycles. The number of methoxy groups -OCH3 is 1. The first kappa shape index (κ1) is 21.9. The number of urea groups is 1. The second-order valence-corrected chi connectivity index (χ2v) is 7.41. The van der Waals surface area contributed by atoms with Gasteiger partial charge in [-0.25, -0.2) is 4.79 Å². The smallest absolute Gasteiger partial charge is 0.319 e. The van der Waals surface area contributed by atoms with Crippen LogP contribution < -0.4 is 20.7 Å². The number of rotatable bonds is 5. The van der Waals surface area contributed by atoms with Crippen molar-refractivity contribution in [1.29, 1.82) is 0 Å². The number of benzene rings is 2. The molecule has 2 aromatic carbocycles. The molecule has 2 aromatic rings. The Kier molecular flexibility index (Phi) is 7.18. The number of carbonyl (C=O) groups is 2. The van der Waals surface area contributed by atoms with Crippen molar-refractivity contribution in [3.63, 3.8) is 0 Å². The largest absolute Gasteiger partial charge is 0.496 e. The summed E-state index contributed by atoms with van der Waals surface area (Å²) in [6.45, 7) is 1.99. The van der Waals surface area contributed by atoms with Gasteiger partial charge in [-0.05, 0) is 37.1 Å². The number of piperazine rings is 1. The van der Waals surface area contributed by atoms with Gasteiger partial charge >= 0.3 is 6.03 Å². The van der Waals surface area contributed by atoms with Gasteiger partial charge in [0, 0.05) is 42.5 Å². The molecule has 0 radical (unpaired) electrons. The van der Waals surface area contributed by atoms with Crippen LogP contribution in [0.2, 0.25) is 0 Å². The topological polar surface area (TPSA) is 82.7 Å². The van der Waals surface area contributed by atoms with E-state index in [0.29, 0.717) is 24.3 Å². The van der Waals surface area contributed by atoms with Gasteiger partial charge < -0.3 is 25.6 Å². The van der Waals surface area contributed by atoms with Crippen molar-refractivity contribution in [2.75, 3.05) is 32.1 Å². The summed E-state index contributed by atoms with van der Waals surface area (Å²) in [7, 11) is 1.64. The van der Waals surface area contributed by atoms with Gasteiger partial charge in [-0.15, -0.1) is 12.4 Å². The molecule has 0 spiro atoms. The molecule has 160 valence electrons. The Morgan fingerprint density at radius 2 is 1.93 bits per heavy atom. The molecule has 8 heteroatoms. The number of para-hydroxylation sites is 1. The Bertz CT molecular complexity index is 903. The standard InChI is InChI=1S/C22H26N4O3.ClH/c1-29-20-8-3-2-7-18(20)19-14-23-11-12-26(19)21(27)15-5-4-6-17(13-15)25-22(28)24-16-9-10-16;/h2-8,13,16,19,23H,9-12,14H2,1H3,(H2,24,25,28);1H. The van der Waals surface area contributed by atoms with Gasteiger partial charge in [0.25, 0.3) is 5.91 Å². The van der Waals surface area contributed by atoms with Crippen molar-refractivity contribution in [1.82, 2.24) is 15.5 Å². The van der Waals surface area contributed by atoms with E-state index in [1.54, 1.807) is 31.4 Å². The van der Waals surface area contributed by atoms with Crippen LogP contribution in [0.4, 0.5) is 10.5 Å². The molecule has 1 unspecified atom stereocenters. The summed E-state index contributed by atoms with van der Waals surface area (Å²) in [6.07, 6.45) is 2.05. The van der Waals surface area contributed by atoms with Crippen LogP contribution >= 0.6 is 12.4 Å². The maximum absolute atomic E-state index is 13.3. The predicted octanol–water partition coefficient (Wildman–Crippen LogP) is 3.19. The van der Waals surface area contributed by atoms with Crippen LogP contribution in [0.1, 0.15) is 34.8 Å². The van der Waals surface area contributed by atoms with E-state index < -0.39 is 0 Å². The molecule has 4 rings (SSSR count). The highest BCUT2D eigenvalue weighted by Gasteiger charge is 2.30. The second-order valence-electron chi connectivity index (χ2n) is 7.41. The maximum Gasteiger partial charge on any atom is 0.319 e. The van der Waals surface area contributed by atoms with Crippen LogP contribution in [0.5, 0.6) is 5.75 Å². The zero-order chi connectivity index (χ0) is 20.2. The van der Waals surface area contributed by atoms with Gasteiger partial charge in [0.15, 0.2) is 0 Å².